The number of halogens is 1. The lowest BCUT2D eigenvalue weighted by molar-refractivity contribution is -0.126. The number of rotatable bonds is 9. The molecule has 44 heavy (non-hydrogen) atoms. The molecule has 1 amide bonds. The SMILES string of the molecule is C=CC(=O)N1CCC(Nc2cc3c(Nc4ccc(Oc5ccnc(N6CCCCC6)c5)cc4F)ncnc3cc2OC)CC1. The van der Waals surface area contributed by atoms with E-state index in [4.69, 9.17) is 9.47 Å². The molecule has 0 saturated carbocycles. The van der Waals surface area contributed by atoms with Gasteiger partial charge in [0.15, 0.2) is 0 Å². The van der Waals surface area contributed by atoms with Crippen molar-refractivity contribution in [2.75, 3.05) is 48.8 Å². The van der Waals surface area contributed by atoms with Gasteiger partial charge in [0.1, 0.15) is 41.0 Å². The van der Waals surface area contributed by atoms with Gasteiger partial charge in [-0.1, -0.05) is 6.58 Å². The molecule has 0 aliphatic carbocycles. The highest BCUT2D eigenvalue weighted by molar-refractivity contribution is 5.95. The van der Waals surface area contributed by atoms with Gasteiger partial charge >= 0.3 is 0 Å². The summed E-state index contributed by atoms with van der Waals surface area (Å²) >= 11 is 0. The molecular weight excluding hydrogens is 561 g/mol. The summed E-state index contributed by atoms with van der Waals surface area (Å²) in [5.41, 5.74) is 1.68. The van der Waals surface area contributed by atoms with E-state index in [1.807, 2.05) is 18.2 Å². The Kier molecular flexibility index (Phi) is 8.71. The van der Waals surface area contributed by atoms with Crippen molar-refractivity contribution in [2.24, 2.45) is 0 Å². The van der Waals surface area contributed by atoms with Gasteiger partial charge in [-0.15, -0.1) is 0 Å². The molecule has 6 rings (SSSR count). The van der Waals surface area contributed by atoms with Gasteiger partial charge in [0.2, 0.25) is 5.91 Å². The monoisotopic (exact) mass is 597 g/mol. The molecule has 2 N–H and O–H groups in total. The number of fused-ring (bicyclic) bond motifs is 1. The molecule has 0 atom stereocenters. The second kappa shape index (κ2) is 13.2. The maximum Gasteiger partial charge on any atom is 0.245 e. The van der Waals surface area contributed by atoms with Crippen LogP contribution in [-0.4, -0.2) is 65.1 Å². The largest absolute Gasteiger partial charge is 0.495 e. The third kappa shape index (κ3) is 6.51. The van der Waals surface area contributed by atoms with Crippen LogP contribution in [-0.2, 0) is 4.79 Å². The van der Waals surface area contributed by atoms with Gasteiger partial charge in [-0.2, -0.15) is 0 Å². The van der Waals surface area contributed by atoms with Crippen molar-refractivity contribution in [3.8, 4) is 17.2 Å². The maximum absolute atomic E-state index is 15.4. The first-order chi connectivity index (χ1) is 21.5. The molecule has 2 fully saturated rings. The maximum atomic E-state index is 15.4. The third-order valence-corrected chi connectivity index (χ3v) is 8.12. The van der Waals surface area contributed by atoms with Crippen LogP contribution in [0.25, 0.3) is 10.9 Å². The van der Waals surface area contributed by atoms with Crippen LogP contribution in [0.2, 0.25) is 0 Å². The zero-order chi connectivity index (χ0) is 30.5. The van der Waals surface area contributed by atoms with E-state index in [1.54, 1.807) is 36.4 Å². The number of anilines is 4. The number of nitrogens with one attached hydrogen (secondary N) is 2. The van der Waals surface area contributed by atoms with Crippen LogP contribution < -0.4 is 25.0 Å². The van der Waals surface area contributed by atoms with Gasteiger partial charge in [0, 0.05) is 62.0 Å². The molecule has 2 aromatic heterocycles. The van der Waals surface area contributed by atoms with Crippen LogP contribution >= 0.6 is 0 Å². The highest BCUT2D eigenvalue weighted by atomic mass is 19.1. The predicted octanol–water partition coefficient (Wildman–Crippen LogP) is 6.29. The Morgan fingerprint density at radius 2 is 1.77 bits per heavy atom. The predicted molar refractivity (Wildman–Crippen MR) is 170 cm³/mol. The van der Waals surface area contributed by atoms with Crippen molar-refractivity contribution in [2.45, 2.75) is 38.1 Å². The van der Waals surface area contributed by atoms with E-state index < -0.39 is 5.82 Å². The van der Waals surface area contributed by atoms with E-state index in [0.29, 0.717) is 47.1 Å². The number of piperidine rings is 2. The molecule has 2 aliphatic heterocycles. The van der Waals surface area contributed by atoms with Gasteiger partial charge in [0.05, 0.1) is 24.0 Å². The normalized spacial score (nSPS) is 15.6. The van der Waals surface area contributed by atoms with Crippen LogP contribution in [0.5, 0.6) is 17.2 Å². The van der Waals surface area contributed by atoms with Crippen LogP contribution in [0, 0.1) is 5.82 Å². The average Bonchev–Trinajstić information content (AvgIpc) is 3.06. The van der Waals surface area contributed by atoms with Gasteiger partial charge < -0.3 is 29.9 Å². The lowest BCUT2D eigenvalue weighted by Crippen LogP contribution is -2.41. The molecule has 4 heterocycles. The molecule has 0 radical (unpaired) electrons. The standard InChI is InChI=1S/C33H36FN7O3/c1-3-32(42)41-15-10-22(11-16-41)38-29-19-25-28(20-30(29)43-2)36-21-37-33(25)39-27-8-7-23(17-26(27)34)44-24-9-12-35-31(18-24)40-13-5-4-6-14-40/h3,7-9,12,17-22,38H,1,4-6,10-11,13-16H2,2H3,(H,36,37,39). The molecule has 2 aliphatic rings. The lowest BCUT2D eigenvalue weighted by Gasteiger charge is -2.32. The second-order valence-corrected chi connectivity index (χ2v) is 11.0. The van der Waals surface area contributed by atoms with Crippen molar-refractivity contribution in [3.05, 3.63) is 73.5 Å². The summed E-state index contributed by atoms with van der Waals surface area (Å²) in [6.07, 6.45) is 9.62. The van der Waals surface area contributed by atoms with Crippen LogP contribution in [0.15, 0.2) is 67.6 Å². The number of amides is 1. The summed E-state index contributed by atoms with van der Waals surface area (Å²) in [6, 6.07) is 12.3. The Morgan fingerprint density at radius 1 is 0.977 bits per heavy atom. The summed E-state index contributed by atoms with van der Waals surface area (Å²) in [5, 5.41) is 7.39. The van der Waals surface area contributed by atoms with E-state index in [0.717, 1.165) is 50.3 Å². The molecule has 2 saturated heterocycles. The Balaban J connectivity index is 1.18. The van der Waals surface area contributed by atoms with Crippen molar-refractivity contribution in [1.82, 2.24) is 19.9 Å². The van der Waals surface area contributed by atoms with Crippen LogP contribution in [0.3, 0.4) is 0 Å². The Hall–Kier alpha value is -4.93. The number of methoxy groups -OCH3 is 1. The summed E-state index contributed by atoms with van der Waals surface area (Å²) in [7, 11) is 1.61. The molecule has 0 unspecified atom stereocenters. The van der Waals surface area contributed by atoms with Gasteiger partial charge in [-0.05, 0) is 62.4 Å². The molecular formula is C33H36FN7O3. The van der Waals surface area contributed by atoms with Crippen molar-refractivity contribution in [1.29, 1.82) is 0 Å². The fourth-order valence-electron chi connectivity index (χ4n) is 5.74. The number of nitrogens with zero attached hydrogens (tertiary/aromatic N) is 5. The average molecular weight is 598 g/mol. The minimum Gasteiger partial charge on any atom is -0.495 e. The molecule has 11 heteroatoms. The van der Waals surface area contributed by atoms with Gasteiger partial charge in [-0.25, -0.2) is 19.3 Å². The number of hydrogen-bond acceptors (Lipinski definition) is 9. The van der Waals surface area contributed by atoms with Crippen LogP contribution in [0.4, 0.5) is 27.4 Å². The first-order valence-corrected chi connectivity index (χ1v) is 15.0. The third-order valence-electron chi connectivity index (χ3n) is 8.12. The summed E-state index contributed by atoms with van der Waals surface area (Å²) < 4.78 is 27.0. The van der Waals surface area contributed by atoms with Crippen molar-refractivity contribution in [3.63, 3.8) is 0 Å². The van der Waals surface area contributed by atoms with Crippen molar-refractivity contribution >= 4 is 39.8 Å². The Labute approximate surface area is 255 Å². The van der Waals surface area contributed by atoms with E-state index in [1.165, 1.54) is 24.9 Å². The number of aromatic nitrogens is 3. The smallest absolute Gasteiger partial charge is 0.245 e. The fraction of sp³-hybridized carbons (Fsp3) is 0.333. The first-order valence-electron chi connectivity index (χ1n) is 15.0. The van der Waals surface area contributed by atoms with Gasteiger partial charge in [-0.3, -0.25) is 4.79 Å². The van der Waals surface area contributed by atoms with Crippen LogP contribution in [0.1, 0.15) is 32.1 Å². The molecule has 4 aromatic rings. The number of carbonyl (C=O) groups is 1. The quantitative estimate of drug-likeness (QED) is 0.216. The van der Waals surface area contributed by atoms with E-state index >= 15 is 4.39 Å². The second-order valence-electron chi connectivity index (χ2n) is 11.0. The molecule has 2 aromatic carbocycles. The Bertz CT molecular complexity index is 1650. The molecule has 0 spiro atoms. The number of likely N-dealkylation sites (tertiary alicyclic amines) is 1. The zero-order valence-electron chi connectivity index (χ0n) is 24.8. The van der Waals surface area contributed by atoms with Gasteiger partial charge in [0.25, 0.3) is 0 Å². The minimum atomic E-state index is -0.479. The zero-order valence-corrected chi connectivity index (χ0v) is 24.8. The molecule has 10 nitrogen and oxygen atoms in total. The Morgan fingerprint density at radius 3 is 2.52 bits per heavy atom. The highest BCUT2D eigenvalue weighted by Crippen LogP contribution is 2.35. The lowest BCUT2D eigenvalue weighted by atomic mass is 10.0. The number of pyridine rings is 1. The fourth-order valence-corrected chi connectivity index (χ4v) is 5.74. The van der Waals surface area contributed by atoms with E-state index in [2.05, 4.69) is 37.1 Å². The topological polar surface area (TPSA) is 105 Å². The molecule has 228 valence electrons. The minimum absolute atomic E-state index is 0.0502. The number of benzene rings is 2. The molecule has 0 bridgehead atoms. The number of ether oxygens (including phenoxy) is 2. The summed E-state index contributed by atoms with van der Waals surface area (Å²) in [6.45, 7) is 6.83. The summed E-state index contributed by atoms with van der Waals surface area (Å²) in [5.74, 6) is 2.43. The number of hydrogen-bond donors (Lipinski definition) is 2. The number of carbonyl (C=O) groups excluding carboxylic acids is 1. The van der Waals surface area contributed by atoms with Crippen molar-refractivity contribution < 1.29 is 18.7 Å². The highest BCUT2D eigenvalue weighted by Gasteiger charge is 2.23. The van der Waals surface area contributed by atoms with E-state index in [-0.39, 0.29) is 17.6 Å². The van der Waals surface area contributed by atoms with E-state index in [9.17, 15) is 4.79 Å². The first kappa shape index (κ1) is 29.2. The summed E-state index contributed by atoms with van der Waals surface area (Å²) in [4.78, 5) is 29.3.